The van der Waals surface area contributed by atoms with Gasteiger partial charge in [0.1, 0.15) is 18.2 Å². The van der Waals surface area contributed by atoms with Crippen LogP contribution in [-0.4, -0.2) is 6.61 Å². The third-order valence-corrected chi connectivity index (χ3v) is 3.25. The van der Waals surface area contributed by atoms with Gasteiger partial charge in [-0.05, 0) is 42.3 Å². The van der Waals surface area contributed by atoms with Gasteiger partial charge in [-0.25, -0.2) is 4.39 Å². The Labute approximate surface area is 125 Å². The zero-order valence-corrected chi connectivity index (χ0v) is 12.2. The lowest BCUT2D eigenvalue weighted by atomic mass is 10.1. The van der Waals surface area contributed by atoms with E-state index in [9.17, 15) is 4.39 Å². The van der Waals surface area contributed by atoms with Crippen molar-refractivity contribution in [3.63, 3.8) is 0 Å². The van der Waals surface area contributed by atoms with Crippen LogP contribution >= 0.6 is 0 Å². The number of ether oxygens (including phenoxy) is 1. The van der Waals surface area contributed by atoms with E-state index in [-0.39, 0.29) is 11.9 Å². The van der Waals surface area contributed by atoms with Crippen molar-refractivity contribution in [2.45, 2.75) is 19.5 Å². The van der Waals surface area contributed by atoms with Crippen LogP contribution in [0.3, 0.4) is 0 Å². The van der Waals surface area contributed by atoms with Crippen molar-refractivity contribution < 1.29 is 9.13 Å². The SMILES string of the molecule is C=CCOc1ccc(CNC(C)c2cccc(F)c2)cc1. The molecule has 1 N–H and O–H groups in total. The summed E-state index contributed by atoms with van der Waals surface area (Å²) in [5.41, 5.74) is 2.10. The van der Waals surface area contributed by atoms with E-state index in [1.165, 1.54) is 6.07 Å². The Morgan fingerprint density at radius 1 is 1.24 bits per heavy atom. The lowest BCUT2D eigenvalue weighted by Gasteiger charge is -2.14. The van der Waals surface area contributed by atoms with Gasteiger partial charge < -0.3 is 10.1 Å². The second-order valence-corrected chi connectivity index (χ2v) is 4.90. The maximum absolute atomic E-state index is 13.2. The molecule has 1 atom stereocenters. The highest BCUT2D eigenvalue weighted by atomic mass is 19.1. The molecule has 0 aliphatic heterocycles. The van der Waals surface area contributed by atoms with Gasteiger partial charge in [0.25, 0.3) is 0 Å². The molecule has 3 heteroatoms. The van der Waals surface area contributed by atoms with E-state index >= 15 is 0 Å². The van der Waals surface area contributed by atoms with Gasteiger partial charge in [-0.2, -0.15) is 0 Å². The molecule has 2 aromatic rings. The minimum Gasteiger partial charge on any atom is -0.490 e. The van der Waals surface area contributed by atoms with E-state index in [0.717, 1.165) is 23.4 Å². The smallest absolute Gasteiger partial charge is 0.123 e. The van der Waals surface area contributed by atoms with E-state index < -0.39 is 0 Å². The Kier molecular flexibility index (Phi) is 5.52. The molecule has 0 radical (unpaired) electrons. The van der Waals surface area contributed by atoms with Crippen molar-refractivity contribution in [3.8, 4) is 5.75 Å². The lowest BCUT2D eigenvalue weighted by Crippen LogP contribution is -2.18. The Hall–Kier alpha value is -2.13. The van der Waals surface area contributed by atoms with Crippen LogP contribution in [0.25, 0.3) is 0 Å². The van der Waals surface area contributed by atoms with E-state index in [2.05, 4.69) is 11.9 Å². The van der Waals surface area contributed by atoms with Crippen LogP contribution in [0.4, 0.5) is 4.39 Å². The lowest BCUT2D eigenvalue weighted by molar-refractivity contribution is 0.363. The molecule has 2 aromatic carbocycles. The van der Waals surface area contributed by atoms with Crippen LogP contribution in [-0.2, 0) is 6.54 Å². The minimum absolute atomic E-state index is 0.0948. The van der Waals surface area contributed by atoms with Crippen LogP contribution in [0.1, 0.15) is 24.1 Å². The summed E-state index contributed by atoms with van der Waals surface area (Å²) in [7, 11) is 0. The summed E-state index contributed by atoms with van der Waals surface area (Å²) >= 11 is 0. The van der Waals surface area contributed by atoms with Gasteiger partial charge in [0.05, 0.1) is 0 Å². The molecule has 0 aromatic heterocycles. The summed E-state index contributed by atoms with van der Waals surface area (Å²) in [5.74, 6) is 0.627. The van der Waals surface area contributed by atoms with Gasteiger partial charge in [-0.3, -0.25) is 0 Å². The minimum atomic E-state index is -0.204. The largest absolute Gasteiger partial charge is 0.490 e. The van der Waals surface area contributed by atoms with Crippen molar-refractivity contribution >= 4 is 0 Å². The summed E-state index contributed by atoms with van der Waals surface area (Å²) in [5, 5.41) is 3.38. The average molecular weight is 285 g/mol. The first-order valence-corrected chi connectivity index (χ1v) is 7.00. The highest BCUT2D eigenvalue weighted by Gasteiger charge is 2.05. The molecule has 0 saturated heterocycles. The Morgan fingerprint density at radius 3 is 2.67 bits per heavy atom. The average Bonchev–Trinajstić information content (AvgIpc) is 2.51. The van der Waals surface area contributed by atoms with Crippen LogP contribution in [0, 0.1) is 5.82 Å². The second kappa shape index (κ2) is 7.60. The number of rotatable bonds is 7. The molecule has 1 unspecified atom stereocenters. The van der Waals surface area contributed by atoms with Crippen molar-refractivity contribution in [2.24, 2.45) is 0 Å². The third-order valence-electron chi connectivity index (χ3n) is 3.25. The number of hydrogen-bond acceptors (Lipinski definition) is 2. The summed E-state index contributed by atoms with van der Waals surface area (Å²) in [6, 6.07) is 14.7. The molecule has 2 rings (SSSR count). The molecule has 0 spiro atoms. The maximum atomic E-state index is 13.2. The van der Waals surface area contributed by atoms with E-state index in [0.29, 0.717) is 6.61 Å². The van der Waals surface area contributed by atoms with E-state index in [4.69, 9.17) is 4.74 Å². The quantitative estimate of drug-likeness (QED) is 0.768. The first-order valence-electron chi connectivity index (χ1n) is 7.00. The third kappa shape index (κ3) is 4.72. The first-order chi connectivity index (χ1) is 10.2. The van der Waals surface area contributed by atoms with Crippen LogP contribution in [0.15, 0.2) is 61.2 Å². The number of hydrogen-bond donors (Lipinski definition) is 1. The van der Waals surface area contributed by atoms with Crippen molar-refractivity contribution in [3.05, 3.63) is 78.1 Å². The molecule has 0 amide bonds. The molecule has 0 saturated carbocycles. The Bertz CT molecular complexity index is 580. The monoisotopic (exact) mass is 285 g/mol. The molecule has 0 fully saturated rings. The molecule has 0 bridgehead atoms. The zero-order chi connectivity index (χ0) is 15.1. The summed E-state index contributed by atoms with van der Waals surface area (Å²) in [6.45, 7) is 6.87. The molecule has 2 nitrogen and oxygen atoms in total. The van der Waals surface area contributed by atoms with Crippen LogP contribution < -0.4 is 10.1 Å². The predicted octanol–water partition coefficient (Wildman–Crippen LogP) is 4.24. The number of halogens is 1. The van der Waals surface area contributed by atoms with Gasteiger partial charge in [0.15, 0.2) is 0 Å². The van der Waals surface area contributed by atoms with Gasteiger partial charge in [-0.1, -0.05) is 36.9 Å². The normalized spacial score (nSPS) is 11.9. The first kappa shape index (κ1) is 15.3. The Balaban J connectivity index is 1.89. The molecule has 21 heavy (non-hydrogen) atoms. The highest BCUT2D eigenvalue weighted by molar-refractivity contribution is 5.27. The highest BCUT2D eigenvalue weighted by Crippen LogP contribution is 2.16. The van der Waals surface area contributed by atoms with Crippen LogP contribution in [0.5, 0.6) is 5.75 Å². The number of nitrogens with one attached hydrogen (secondary N) is 1. The predicted molar refractivity (Wildman–Crippen MR) is 83.8 cm³/mol. The Morgan fingerprint density at radius 2 is 2.00 bits per heavy atom. The summed E-state index contributed by atoms with van der Waals surface area (Å²) in [6.07, 6.45) is 1.72. The van der Waals surface area contributed by atoms with Gasteiger partial charge >= 0.3 is 0 Å². The van der Waals surface area contributed by atoms with Gasteiger partial charge in [0, 0.05) is 12.6 Å². The molecular formula is C18H20FNO. The van der Waals surface area contributed by atoms with Gasteiger partial charge in [-0.15, -0.1) is 0 Å². The number of benzene rings is 2. The van der Waals surface area contributed by atoms with Gasteiger partial charge in [0.2, 0.25) is 0 Å². The molecule has 0 heterocycles. The zero-order valence-electron chi connectivity index (χ0n) is 12.2. The molecule has 110 valence electrons. The maximum Gasteiger partial charge on any atom is 0.123 e. The van der Waals surface area contributed by atoms with Crippen LogP contribution in [0.2, 0.25) is 0 Å². The fraction of sp³-hybridized carbons (Fsp3) is 0.222. The topological polar surface area (TPSA) is 21.3 Å². The summed E-state index contributed by atoms with van der Waals surface area (Å²) < 4.78 is 18.6. The fourth-order valence-electron chi connectivity index (χ4n) is 2.02. The molecule has 0 aliphatic carbocycles. The van der Waals surface area contributed by atoms with E-state index in [1.54, 1.807) is 18.2 Å². The summed E-state index contributed by atoms with van der Waals surface area (Å²) in [4.78, 5) is 0. The molecule has 0 aliphatic rings. The van der Waals surface area contributed by atoms with Crippen molar-refractivity contribution in [1.29, 1.82) is 0 Å². The van der Waals surface area contributed by atoms with E-state index in [1.807, 2.05) is 37.3 Å². The fourth-order valence-corrected chi connectivity index (χ4v) is 2.02. The van der Waals surface area contributed by atoms with Crippen molar-refractivity contribution in [2.75, 3.05) is 6.61 Å². The molecular weight excluding hydrogens is 265 g/mol. The van der Waals surface area contributed by atoms with Crippen molar-refractivity contribution in [1.82, 2.24) is 5.32 Å². The second-order valence-electron chi connectivity index (χ2n) is 4.90. The standard InChI is InChI=1S/C18H20FNO/c1-3-11-21-18-9-7-15(8-10-18)13-20-14(2)16-5-4-6-17(19)12-16/h3-10,12,14,20H,1,11,13H2,2H3.